The maximum atomic E-state index is 12.2. The zero-order chi connectivity index (χ0) is 15.1. The van der Waals surface area contributed by atoms with Gasteiger partial charge in [-0.1, -0.05) is 23.2 Å². The number of carbonyl (C=O) groups is 2. The van der Waals surface area contributed by atoms with Crippen molar-refractivity contribution in [2.75, 3.05) is 11.4 Å². The van der Waals surface area contributed by atoms with Gasteiger partial charge in [-0.05, 0) is 32.9 Å². The molecule has 0 bridgehead atoms. The van der Waals surface area contributed by atoms with Crippen LogP contribution in [0.25, 0.3) is 0 Å². The van der Waals surface area contributed by atoms with E-state index in [9.17, 15) is 9.59 Å². The molecule has 0 fully saturated rings. The van der Waals surface area contributed by atoms with Crippen LogP contribution >= 0.6 is 23.2 Å². The quantitative estimate of drug-likeness (QED) is 0.716. The van der Waals surface area contributed by atoms with Crippen LogP contribution in [0.3, 0.4) is 0 Å². The second kappa shape index (κ2) is 5.26. The molecule has 20 heavy (non-hydrogen) atoms. The lowest BCUT2D eigenvalue weighted by atomic mass is 10.0. The van der Waals surface area contributed by atoms with Crippen LogP contribution < -0.4 is 4.90 Å². The predicted octanol–water partition coefficient (Wildman–Crippen LogP) is 4.32. The third kappa shape index (κ3) is 2.91. The van der Waals surface area contributed by atoms with Crippen LogP contribution in [0.1, 0.15) is 37.6 Å². The second-order valence-corrected chi connectivity index (χ2v) is 6.35. The molecule has 0 atom stereocenters. The first-order valence-corrected chi connectivity index (χ1v) is 6.98. The maximum Gasteiger partial charge on any atom is 0.414 e. The van der Waals surface area contributed by atoms with Crippen molar-refractivity contribution in [2.24, 2.45) is 0 Å². The Morgan fingerprint density at radius 3 is 2.55 bits per heavy atom. The summed E-state index contributed by atoms with van der Waals surface area (Å²) in [5.41, 5.74) is 0.116. The topological polar surface area (TPSA) is 46.6 Å². The standard InChI is InChI=1S/C14H15Cl2NO3/c1-14(2,3)20-13(19)17-7-6-10(18)8-4-5-9(15)11(16)12(8)17/h4-5H,6-7H2,1-3H3. The van der Waals surface area contributed by atoms with Gasteiger partial charge in [-0.15, -0.1) is 0 Å². The Balaban J connectivity index is 2.45. The molecule has 0 aliphatic carbocycles. The van der Waals surface area contributed by atoms with Crippen LogP contribution in [0.5, 0.6) is 0 Å². The second-order valence-electron chi connectivity index (χ2n) is 5.56. The number of carbonyl (C=O) groups excluding carboxylic acids is 2. The summed E-state index contributed by atoms with van der Waals surface area (Å²) in [5, 5.41) is 0.497. The van der Waals surface area contributed by atoms with E-state index in [0.717, 1.165) is 0 Å². The Hall–Kier alpha value is -1.26. The molecule has 6 heteroatoms. The van der Waals surface area contributed by atoms with Crippen molar-refractivity contribution in [3.05, 3.63) is 27.7 Å². The van der Waals surface area contributed by atoms with Crippen LogP contribution in [0.2, 0.25) is 10.0 Å². The molecule has 1 aromatic carbocycles. The highest BCUT2D eigenvalue weighted by Gasteiger charge is 2.33. The van der Waals surface area contributed by atoms with Crippen molar-refractivity contribution < 1.29 is 14.3 Å². The van der Waals surface area contributed by atoms with Gasteiger partial charge in [0.1, 0.15) is 5.60 Å². The molecular weight excluding hydrogens is 301 g/mol. The number of fused-ring (bicyclic) bond motifs is 1. The maximum absolute atomic E-state index is 12.2. The van der Waals surface area contributed by atoms with Gasteiger partial charge in [0.25, 0.3) is 0 Å². The van der Waals surface area contributed by atoms with Crippen LogP contribution in [-0.2, 0) is 4.74 Å². The van der Waals surface area contributed by atoms with Gasteiger partial charge in [-0.2, -0.15) is 0 Å². The van der Waals surface area contributed by atoms with Crippen LogP contribution in [-0.4, -0.2) is 24.0 Å². The van der Waals surface area contributed by atoms with E-state index in [1.807, 2.05) is 0 Å². The summed E-state index contributed by atoms with van der Waals surface area (Å²) >= 11 is 12.1. The number of halogens is 2. The number of rotatable bonds is 0. The Labute approximate surface area is 127 Å². The minimum Gasteiger partial charge on any atom is -0.443 e. The number of amides is 1. The van der Waals surface area contributed by atoms with Crippen molar-refractivity contribution in [2.45, 2.75) is 32.8 Å². The molecular formula is C14H15Cl2NO3. The number of benzene rings is 1. The summed E-state index contributed by atoms with van der Waals surface area (Å²) in [4.78, 5) is 25.5. The first-order valence-electron chi connectivity index (χ1n) is 6.22. The first-order chi connectivity index (χ1) is 9.20. The number of Topliss-reactive ketones (excluding diaryl/α,β-unsaturated/α-hetero) is 1. The monoisotopic (exact) mass is 315 g/mol. The van der Waals surface area contributed by atoms with Crippen molar-refractivity contribution >= 4 is 40.8 Å². The molecule has 0 radical (unpaired) electrons. The van der Waals surface area contributed by atoms with E-state index in [1.54, 1.807) is 32.9 Å². The third-order valence-electron chi connectivity index (χ3n) is 2.82. The van der Waals surface area contributed by atoms with Crippen molar-refractivity contribution in [3.8, 4) is 0 Å². The predicted molar refractivity (Wildman–Crippen MR) is 79.0 cm³/mol. The van der Waals surface area contributed by atoms with Gasteiger partial charge in [0.2, 0.25) is 0 Å². The molecule has 2 rings (SSSR count). The van der Waals surface area contributed by atoms with Crippen molar-refractivity contribution in [1.82, 2.24) is 0 Å². The highest BCUT2D eigenvalue weighted by Crippen LogP contribution is 2.39. The SMILES string of the molecule is CC(C)(C)OC(=O)N1CCC(=O)c2ccc(Cl)c(Cl)c21. The molecule has 0 N–H and O–H groups in total. The molecule has 0 unspecified atom stereocenters. The Bertz CT molecular complexity index is 579. The zero-order valence-corrected chi connectivity index (χ0v) is 13.0. The van der Waals surface area contributed by atoms with Gasteiger partial charge in [-0.25, -0.2) is 4.79 Å². The molecule has 0 aromatic heterocycles. The number of nitrogens with zero attached hydrogens (tertiary/aromatic N) is 1. The summed E-state index contributed by atoms with van der Waals surface area (Å²) in [7, 11) is 0. The van der Waals surface area contributed by atoms with E-state index in [0.29, 0.717) is 16.3 Å². The van der Waals surface area contributed by atoms with Gasteiger partial charge < -0.3 is 4.74 Å². The highest BCUT2D eigenvalue weighted by molar-refractivity contribution is 6.44. The molecule has 0 saturated heterocycles. The Morgan fingerprint density at radius 2 is 1.95 bits per heavy atom. The summed E-state index contributed by atoms with van der Waals surface area (Å²) in [6, 6.07) is 3.14. The van der Waals surface area contributed by atoms with Crippen molar-refractivity contribution in [1.29, 1.82) is 0 Å². The average molecular weight is 316 g/mol. The molecule has 4 nitrogen and oxygen atoms in total. The molecule has 1 amide bonds. The van der Waals surface area contributed by atoms with Gasteiger partial charge in [0.05, 0.1) is 15.7 Å². The number of hydrogen-bond acceptors (Lipinski definition) is 3. The Morgan fingerprint density at radius 1 is 1.30 bits per heavy atom. The fourth-order valence-corrected chi connectivity index (χ4v) is 2.41. The normalized spacial score (nSPS) is 15.1. The van der Waals surface area contributed by atoms with E-state index in [2.05, 4.69) is 0 Å². The summed E-state index contributed by atoms with van der Waals surface area (Å²) < 4.78 is 5.34. The smallest absolute Gasteiger partial charge is 0.414 e. The van der Waals surface area contributed by atoms with E-state index >= 15 is 0 Å². The highest BCUT2D eigenvalue weighted by atomic mass is 35.5. The van der Waals surface area contributed by atoms with Crippen LogP contribution in [0.15, 0.2) is 12.1 Å². The van der Waals surface area contributed by atoms with E-state index in [4.69, 9.17) is 27.9 Å². The molecule has 1 aliphatic rings. The van der Waals surface area contributed by atoms with E-state index in [1.165, 1.54) is 4.90 Å². The zero-order valence-electron chi connectivity index (χ0n) is 11.5. The number of anilines is 1. The van der Waals surface area contributed by atoms with Crippen LogP contribution in [0, 0.1) is 0 Å². The van der Waals surface area contributed by atoms with E-state index < -0.39 is 11.7 Å². The largest absolute Gasteiger partial charge is 0.443 e. The van der Waals surface area contributed by atoms with E-state index in [-0.39, 0.29) is 23.8 Å². The molecule has 1 aliphatic heterocycles. The average Bonchev–Trinajstić information content (AvgIpc) is 2.32. The fraction of sp³-hybridized carbons (Fsp3) is 0.429. The molecule has 108 valence electrons. The molecule has 1 heterocycles. The number of ketones is 1. The minimum atomic E-state index is -0.621. The van der Waals surface area contributed by atoms with Gasteiger partial charge in [-0.3, -0.25) is 9.69 Å². The lowest BCUT2D eigenvalue weighted by molar-refractivity contribution is 0.0577. The first kappa shape index (κ1) is 15.1. The summed E-state index contributed by atoms with van der Waals surface area (Å²) in [6.07, 6.45) is -0.292. The number of ether oxygens (including phenoxy) is 1. The van der Waals surface area contributed by atoms with Gasteiger partial charge in [0.15, 0.2) is 5.78 Å². The van der Waals surface area contributed by atoms with Gasteiger partial charge >= 0.3 is 6.09 Å². The third-order valence-corrected chi connectivity index (χ3v) is 3.61. The minimum absolute atomic E-state index is 0.0571. The summed E-state index contributed by atoms with van der Waals surface area (Å²) in [6.45, 7) is 5.57. The molecule has 0 spiro atoms. The lowest BCUT2D eigenvalue weighted by Crippen LogP contribution is -2.41. The van der Waals surface area contributed by atoms with Crippen LogP contribution in [0.4, 0.5) is 10.5 Å². The lowest BCUT2D eigenvalue weighted by Gasteiger charge is -2.31. The Kier molecular flexibility index (Phi) is 3.98. The van der Waals surface area contributed by atoms with Gasteiger partial charge in [0, 0.05) is 18.5 Å². The van der Waals surface area contributed by atoms with Crippen molar-refractivity contribution in [3.63, 3.8) is 0 Å². The summed E-state index contributed by atoms with van der Waals surface area (Å²) in [5.74, 6) is -0.0571. The fourth-order valence-electron chi connectivity index (χ4n) is 1.99. The number of hydrogen-bond donors (Lipinski definition) is 0. The molecule has 0 saturated carbocycles. The molecule has 1 aromatic rings.